The Labute approximate surface area is 133 Å². The first-order valence-corrected chi connectivity index (χ1v) is 7.64. The number of rotatable bonds is 1. The van der Waals surface area contributed by atoms with E-state index in [-0.39, 0.29) is 15.5 Å². The minimum atomic E-state index is -0.504. The Morgan fingerprint density at radius 2 is 1.87 bits per heavy atom. The highest BCUT2D eigenvalue weighted by molar-refractivity contribution is 7.19. The number of nitrogens with zero attached hydrogens (tertiary/aromatic N) is 4. The quantitative estimate of drug-likeness (QED) is 0.634. The molecule has 2 amide bonds. The zero-order valence-corrected chi connectivity index (χ0v) is 13.0. The summed E-state index contributed by atoms with van der Waals surface area (Å²) in [5.74, 6) is -0.872. The van der Waals surface area contributed by atoms with E-state index >= 15 is 0 Å². The van der Waals surface area contributed by atoms with Gasteiger partial charge in [0.05, 0.1) is 5.69 Å². The highest BCUT2D eigenvalue weighted by Crippen LogP contribution is 2.34. The molecule has 0 unspecified atom stereocenters. The van der Waals surface area contributed by atoms with Crippen LogP contribution in [-0.2, 0) is 0 Å². The maximum atomic E-state index is 12.7. The summed E-state index contributed by atoms with van der Waals surface area (Å²) in [4.78, 5) is 42.1. The Hall–Kier alpha value is -2.87. The van der Waals surface area contributed by atoms with Crippen molar-refractivity contribution in [3.05, 3.63) is 56.4 Å². The molecule has 0 saturated heterocycles. The highest BCUT2D eigenvalue weighted by atomic mass is 32.1. The van der Waals surface area contributed by atoms with Crippen LogP contribution in [0.2, 0.25) is 0 Å². The van der Waals surface area contributed by atoms with Crippen LogP contribution in [0.5, 0.6) is 0 Å². The van der Waals surface area contributed by atoms with Crippen LogP contribution >= 0.6 is 11.3 Å². The van der Waals surface area contributed by atoms with Gasteiger partial charge >= 0.3 is 0 Å². The van der Waals surface area contributed by atoms with E-state index in [0.717, 1.165) is 33.6 Å². The Balaban J connectivity index is 1.92. The average Bonchev–Trinajstić information content (AvgIpc) is 2.97. The molecule has 1 aliphatic rings. The van der Waals surface area contributed by atoms with Gasteiger partial charge in [0.1, 0.15) is 11.1 Å². The van der Waals surface area contributed by atoms with Crippen LogP contribution in [0.4, 0.5) is 5.69 Å². The average molecular weight is 326 g/mol. The molecule has 3 aromatic rings. The molecule has 0 aliphatic carbocycles. The Kier molecular flexibility index (Phi) is 2.73. The summed E-state index contributed by atoms with van der Waals surface area (Å²) in [6, 6.07) is 5.52. The van der Waals surface area contributed by atoms with Crippen molar-refractivity contribution in [2.45, 2.75) is 13.8 Å². The first-order chi connectivity index (χ1) is 11.0. The van der Waals surface area contributed by atoms with Crippen molar-refractivity contribution >= 4 is 33.8 Å². The molecule has 0 bridgehead atoms. The number of imide groups is 1. The summed E-state index contributed by atoms with van der Waals surface area (Å²) < 4.78 is 1.26. The summed E-state index contributed by atoms with van der Waals surface area (Å²) in [5.41, 5.74) is 2.09. The predicted molar refractivity (Wildman–Crippen MR) is 84.2 cm³/mol. The molecule has 0 fully saturated rings. The maximum Gasteiger partial charge on any atom is 0.292 e. The van der Waals surface area contributed by atoms with Crippen LogP contribution in [0.1, 0.15) is 31.3 Å². The monoisotopic (exact) mass is 326 g/mol. The molecule has 7 nitrogen and oxygen atoms in total. The van der Waals surface area contributed by atoms with Gasteiger partial charge in [-0.3, -0.25) is 14.4 Å². The van der Waals surface area contributed by atoms with Crippen LogP contribution in [0.25, 0.3) is 4.96 Å². The van der Waals surface area contributed by atoms with E-state index in [4.69, 9.17) is 0 Å². The lowest BCUT2D eigenvalue weighted by Gasteiger charge is -2.17. The standard InChI is InChI=1S/C15H10N4O3S/c1-7-3-4-9(8(2)5-7)18-13(21)11-12(14(18)22)23-15-17-10(20)6-16-19(11)15/h3-6H,1-2H3. The third kappa shape index (κ3) is 1.85. The topological polar surface area (TPSA) is 84.6 Å². The fraction of sp³-hybridized carbons (Fsp3) is 0.133. The van der Waals surface area contributed by atoms with Gasteiger partial charge in [0, 0.05) is 0 Å². The first kappa shape index (κ1) is 13.8. The van der Waals surface area contributed by atoms with E-state index in [1.165, 1.54) is 4.52 Å². The SMILES string of the molecule is Cc1ccc(N2C(=O)c3sc4nc(=O)cnn4c3C2=O)c(C)c1. The van der Waals surface area contributed by atoms with Gasteiger partial charge < -0.3 is 0 Å². The van der Waals surface area contributed by atoms with Crippen LogP contribution in [-0.4, -0.2) is 26.4 Å². The zero-order chi connectivity index (χ0) is 16.3. The van der Waals surface area contributed by atoms with E-state index in [1.807, 2.05) is 26.0 Å². The highest BCUT2D eigenvalue weighted by Gasteiger charge is 2.42. The lowest BCUT2D eigenvalue weighted by Crippen LogP contribution is -2.31. The number of aromatic nitrogens is 3. The summed E-state index contributed by atoms with van der Waals surface area (Å²) in [6.07, 6.45) is 1.03. The molecule has 114 valence electrons. The molecule has 0 spiro atoms. The summed E-state index contributed by atoms with van der Waals surface area (Å²) >= 11 is 0.997. The lowest BCUT2D eigenvalue weighted by molar-refractivity contribution is 0.0924. The molecule has 8 heteroatoms. The first-order valence-electron chi connectivity index (χ1n) is 6.82. The van der Waals surface area contributed by atoms with E-state index in [0.29, 0.717) is 5.69 Å². The summed E-state index contributed by atoms with van der Waals surface area (Å²) in [6.45, 7) is 3.80. The van der Waals surface area contributed by atoms with Crippen LogP contribution < -0.4 is 10.5 Å². The number of fused-ring (bicyclic) bond motifs is 3. The van der Waals surface area contributed by atoms with E-state index in [2.05, 4.69) is 10.1 Å². The van der Waals surface area contributed by atoms with Crippen molar-refractivity contribution in [1.82, 2.24) is 14.6 Å². The van der Waals surface area contributed by atoms with Gasteiger partial charge in [0.2, 0.25) is 4.96 Å². The van der Waals surface area contributed by atoms with Crippen molar-refractivity contribution in [2.24, 2.45) is 0 Å². The second-order valence-corrected chi connectivity index (χ2v) is 6.28. The minimum absolute atomic E-state index is 0.155. The summed E-state index contributed by atoms with van der Waals surface area (Å²) in [5, 5.41) is 3.91. The molecule has 1 aliphatic heterocycles. The smallest absolute Gasteiger partial charge is 0.267 e. The van der Waals surface area contributed by atoms with E-state index in [9.17, 15) is 14.4 Å². The third-order valence-corrected chi connectivity index (χ3v) is 4.71. The van der Waals surface area contributed by atoms with Crippen molar-refractivity contribution in [3.8, 4) is 0 Å². The lowest BCUT2D eigenvalue weighted by atomic mass is 10.1. The zero-order valence-electron chi connectivity index (χ0n) is 12.2. The minimum Gasteiger partial charge on any atom is -0.267 e. The molecule has 0 N–H and O–H groups in total. The number of hydrogen-bond donors (Lipinski definition) is 0. The molecule has 2 aromatic heterocycles. The molecular weight excluding hydrogens is 316 g/mol. The fourth-order valence-corrected chi connectivity index (χ4v) is 3.68. The number of carbonyl (C=O) groups excluding carboxylic acids is 2. The van der Waals surface area contributed by atoms with Gasteiger partial charge in [-0.15, -0.1) is 0 Å². The normalized spacial score (nSPS) is 13.9. The molecule has 1 aromatic carbocycles. The molecule has 4 rings (SSSR count). The van der Waals surface area contributed by atoms with Gasteiger partial charge in [0.25, 0.3) is 17.4 Å². The van der Waals surface area contributed by atoms with Gasteiger partial charge in [-0.2, -0.15) is 14.6 Å². The number of amides is 2. The number of benzene rings is 1. The van der Waals surface area contributed by atoms with Crippen LogP contribution in [0.15, 0.2) is 29.2 Å². The van der Waals surface area contributed by atoms with Crippen molar-refractivity contribution in [1.29, 1.82) is 0 Å². The van der Waals surface area contributed by atoms with Crippen molar-refractivity contribution in [2.75, 3.05) is 4.90 Å². The molecule has 0 atom stereocenters. The van der Waals surface area contributed by atoms with Crippen LogP contribution in [0.3, 0.4) is 0 Å². The Morgan fingerprint density at radius 1 is 1.09 bits per heavy atom. The van der Waals surface area contributed by atoms with Gasteiger partial charge in [-0.05, 0) is 25.5 Å². The number of thiazole rings is 1. The van der Waals surface area contributed by atoms with Crippen LogP contribution in [0, 0.1) is 13.8 Å². The second kappa shape index (κ2) is 4.56. The molecule has 0 saturated carbocycles. The van der Waals surface area contributed by atoms with Gasteiger partial charge in [-0.1, -0.05) is 29.0 Å². The number of carbonyl (C=O) groups is 2. The largest absolute Gasteiger partial charge is 0.292 e. The number of aryl methyl sites for hydroxylation is 2. The predicted octanol–water partition coefficient (Wildman–Crippen LogP) is 1.57. The van der Waals surface area contributed by atoms with E-state index in [1.54, 1.807) is 6.07 Å². The molecule has 3 heterocycles. The van der Waals surface area contributed by atoms with Gasteiger partial charge in [-0.25, -0.2) is 4.90 Å². The van der Waals surface area contributed by atoms with Crippen molar-refractivity contribution < 1.29 is 9.59 Å². The molecule has 0 radical (unpaired) electrons. The van der Waals surface area contributed by atoms with Crippen molar-refractivity contribution in [3.63, 3.8) is 0 Å². The Bertz CT molecular complexity index is 1070. The molecule has 23 heavy (non-hydrogen) atoms. The molecular formula is C15H10N4O3S. The Morgan fingerprint density at radius 3 is 2.61 bits per heavy atom. The summed E-state index contributed by atoms with van der Waals surface area (Å²) in [7, 11) is 0. The third-order valence-electron chi connectivity index (χ3n) is 3.69. The maximum absolute atomic E-state index is 12.7. The number of anilines is 1. The number of hydrogen-bond acceptors (Lipinski definition) is 6. The fourth-order valence-electron chi connectivity index (χ4n) is 2.69. The van der Waals surface area contributed by atoms with E-state index < -0.39 is 17.4 Å². The second-order valence-electron chi connectivity index (χ2n) is 5.30. The van der Waals surface area contributed by atoms with Gasteiger partial charge in [0.15, 0.2) is 5.69 Å².